The summed E-state index contributed by atoms with van der Waals surface area (Å²) in [4.78, 5) is 26.8. The van der Waals surface area contributed by atoms with E-state index in [1.165, 1.54) is 57.8 Å². The van der Waals surface area contributed by atoms with Crippen LogP contribution in [0, 0.1) is 32.6 Å². The van der Waals surface area contributed by atoms with Crippen molar-refractivity contribution in [2.24, 2.45) is 11.8 Å². The third-order valence-corrected chi connectivity index (χ3v) is 7.32. The number of ketones is 1. The van der Waals surface area contributed by atoms with Gasteiger partial charge >= 0.3 is 5.97 Å². The van der Waals surface area contributed by atoms with Gasteiger partial charge in [-0.3, -0.25) is 9.59 Å². The first-order valence-electron chi connectivity index (χ1n) is 13.7. The second-order valence-corrected chi connectivity index (χ2v) is 10.4. The van der Waals surface area contributed by atoms with Crippen molar-refractivity contribution >= 4 is 11.8 Å². The van der Waals surface area contributed by atoms with Crippen LogP contribution in [0.4, 0.5) is 0 Å². The molecule has 0 spiro atoms. The van der Waals surface area contributed by atoms with Crippen LogP contribution in [0.25, 0.3) is 0 Å². The fourth-order valence-corrected chi connectivity index (χ4v) is 5.56. The van der Waals surface area contributed by atoms with Gasteiger partial charge in [-0.05, 0) is 57.1 Å². The van der Waals surface area contributed by atoms with Gasteiger partial charge in [0.15, 0.2) is 5.78 Å². The highest BCUT2D eigenvalue weighted by atomic mass is 16.5. The van der Waals surface area contributed by atoms with Gasteiger partial charge in [0, 0.05) is 5.56 Å². The molecule has 0 saturated heterocycles. The number of benzene rings is 1. The molecule has 1 aliphatic carbocycles. The van der Waals surface area contributed by atoms with Crippen LogP contribution in [0.2, 0.25) is 0 Å². The highest BCUT2D eigenvalue weighted by Crippen LogP contribution is 2.34. The maximum atomic E-state index is 13.6. The largest absolute Gasteiger partial charge is 0.465 e. The quantitative estimate of drug-likeness (QED) is 0.115. The first kappa shape index (κ1) is 27.6. The van der Waals surface area contributed by atoms with E-state index in [9.17, 15) is 9.59 Å². The number of esters is 1. The van der Waals surface area contributed by atoms with Gasteiger partial charge in [-0.15, -0.1) is 0 Å². The molecule has 0 aromatic heterocycles. The molecular weight excluding hydrogens is 408 g/mol. The number of hydrogen-bond acceptors (Lipinski definition) is 3. The molecule has 0 amide bonds. The maximum absolute atomic E-state index is 13.6. The number of carbonyl (C=O) groups excluding carboxylic acids is 2. The van der Waals surface area contributed by atoms with Gasteiger partial charge in [-0.1, -0.05) is 102 Å². The van der Waals surface area contributed by atoms with Crippen LogP contribution >= 0.6 is 0 Å². The molecule has 0 N–H and O–H groups in total. The zero-order valence-electron chi connectivity index (χ0n) is 21.8. The van der Waals surface area contributed by atoms with E-state index < -0.39 is 5.92 Å². The van der Waals surface area contributed by atoms with Crippen molar-refractivity contribution in [3.05, 3.63) is 34.4 Å². The Bertz CT molecular complexity index is 707. The van der Waals surface area contributed by atoms with E-state index >= 15 is 0 Å². The lowest BCUT2D eigenvalue weighted by atomic mass is 9.75. The monoisotopic (exact) mass is 456 g/mol. The van der Waals surface area contributed by atoms with Crippen molar-refractivity contribution in [2.45, 2.75) is 124 Å². The lowest BCUT2D eigenvalue weighted by molar-refractivity contribution is -0.149. The Morgan fingerprint density at radius 1 is 0.818 bits per heavy atom. The van der Waals surface area contributed by atoms with Gasteiger partial charge in [0.2, 0.25) is 0 Å². The molecule has 33 heavy (non-hydrogen) atoms. The van der Waals surface area contributed by atoms with E-state index in [-0.39, 0.29) is 17.7 Å². The molecule has 186 valence electrons. The molecule has 0 aliphatic heterocycles. The molecule has 1 unspecified atom stereocenters. The predicted octanol–water partition coefficient (Wildman–Crippen LogP) is 8.46. The summed E-state index contributed by atoms with van der Waals surface area (Å²) in [6.07, 6.45) is 17.8. The van der Waals surface area contributed by atoms with Gasteiger partial charge in [-0.2, -0.15) is 0 Å². The van der Waals surface area contributed by atoms with Gasteiger partial charge < -0.3 is 4.74 Å². The summed E-state index contributed by atoms with van der Waals surface area (Å²) in [5.74, 6) is -0.840. The highest BCUT2D eigenvalue weighted by Gasteiger charge is 2.38. The topological polar surface area (TPSA) is 43.4 Å². The van der Waals surface area contributed by atoms with Crippen molar-refractivity contribution in [1.29, 1.82) is 0 Å². The van der Waals surface area contributed by atoms with Crippen LogP contribution in [0.1, 0.15) is 130 Å². The molecule has 0 radical (unpaired) electrons. The van der Waals surface area contributed by atoms with Gasteiger partial charge in [0.1, 0.15) is 5.92 Å². The van der Waals surface area contributed by atoms with Crippen LogP contribution in [-0.4, -0.2) is 18.4 Å². The van der Waals surface area contributed by atoms with Crippen LogP contribution in [0.15, 0.2) is 12.1 Å². The Labute approximate surface area is 203 Å². The van der Waals surface area contributed by atoms with Crippen LogP contribution in [0.5, 0.6) is 0 Å². The number of aryl methyl sites for hydroxylation is 3. The number of hydrogen-bond donors (Lipinski definition) is 0. The van der Waals surface area contributed by atoms with E-state index in [0.29, 0.717) is 6.61 Å². The number of unbranched alkanes of at least 4 members (excludes halogenated alkanes) is 9. The molecule has 2 rings (SSSR count). The predicted molar refractivity (Wildman–Crippen MR) is 138 cm³/mol. The van der Waals surface area contributed by atoms with E-state index in [1.54, 1.807) is 0 Å². The second kappa shape index (κ2) is 15.3. The summed E-state index contributed by atoms with van der Waals surface area (Å²) in [7, 11) is 0. The SMILES string of the molecule is CCCCCCCCCCCCOC(=O)C(C(=O)c1c(C)cc(C)cc1C)C1CCCCC1. The van der Waals surface area contributed by atoms with Gasteiger partial charge in [0.05, 0.1) is 6.61 Å². The average molecular weight is 457 g/mol. The molecule has 1 aromatic carbocycles. The van der Waals surface area contributed by atoms with Crippen molar-refractivity contribution < 1.29 is 14.3 Å². The minimum absolute atomic E-state index is 0.0232. The molecule has 1 aliphatic rings. The summed E-state index contributed by atoms with van der Waals surface area (Å²) < 4.78 is 5.72. The summed E-state index contributed by atoms with van der Waals surface area (Å²) in [5.41, 5.74) is 3.83. The van der Waals surface area contributed by atoms with Crippen LogP contribution in [0.3, 0.4) is 0 Å². The molecule has 1 aromatic rings. The normalized spacial score (nSPS) is 15.4. The Hall–Kier alpha value is -1.64. The van der Waals surface area contributed by atoms with E-state index in [4.69, 9.17) is 4.74 Å². The smallest absolute Gasteiger partial charge is 0.317 e. The third-order valence-electron chi connectivity index (χ3n) is 7.32. The summed E-state index contributed by atoms with van der Waals surface area (Å²) in [5, 5.41) is 0. The summed E-state index contributed by atoms with van der Waals surface area (Å²) in [6, 6.07) is 4.10. The molecule has 1 saturated carbocycles. The maximum Gasteiger partial charge on any atom is 0.317 e. The van der Waals surface area contributed by atoms with Crippen molar-refractivity contribution in [1.82, 2.24) is 0 Å². The van der Waals surface area contributed by atoms with E-state index in [0.717, 1.165) is 60.8 Å². The van der Waals surface area contributed by atoms with E-state index in [2.05, 4.69) is 6.92 Å². The number of Topliss-reactive ketones (excluding diaryl/α,β-unsaturated/α-hetero) is 1. The minimum atomic E-state index is -0.645. The Kier molecular flexibility index (Phi) is 12.8. The third kappa shape index (κ3) is 9.26. The lowest BCUT2D eigenvalue weighted by Gasteiger charge is -2.28. The zero-order valence-corrected chi connectivity index (χ0v) is 21.8. The molecule has 3 nitrogen and oxygen atoms in total. The first-order chi connectivity index (χ1) is 16.0. The van der Waals surface area contributed by atoms with Crippen LogP contribution in [-0.2, 0) is 9.53 Å². The molecule has 3 heteroatoms. The number of carbonyl (C=O) groups is 2. The Morgan fingerprint density at radius 2 is 1.33 bits per heavy atom. The van der Waals surface area contributed by atoms with Crippen LogP contribution < -0.4 is 0 Å². The molecular formula is C30H48O3. The standard InChI is InChI=1S/C30H48O3/c1-5-6-7-8-9-10-11-12-13-17-20-33-30(32)28(26-18-15-14-16-19-26)29(31)27-24(3)21-23(2)22-25(27)4/h21-22,26,28H,5-20H2,1-4H3. The van der Waals surface area contributed by atoms with Crippen molar-refractivity contribution in [3.8, 4) is 0 Å². The fraction of sp³-hybridized carbons (Fsp3) is 0.733. The lowest BCUT2D eigenvalue weighted by Crippen LogP contribution is -2.35. The number of rotatable bonds is 15. The van der Waals surface area contributed by atoms with Crippen molar-refractivity contribution in [3.63, 3.8) is 0 Å². The van der Waals surface area contributed by atoms with Gasteiger partial charge in [-0.25, -0.2) is 0 Å². The molecule has 1 fully saturated rings. The Morgan fingerprint density at radius 3 is 1.88 bits per heavy atom. The first-order valence-corrected chi connectivity index (χ1v) is 13.7. The average Bonchev–Trinajstić information content (AvgIpc) is 2.77. The second-order valence-electron chi connectivity index (χ2n) is 10.4. The van der Waals surface area contributed by atoms with Crippen molar-refractivity contribution in [2.75, 3.05) is 6.61 Å². The molecule has 0 heterocycles. The summed E-state index contributed by atoms with van der Waals surface area (Å²) in [6.45, 7) is 8.72. The Balaban J connectivity index is 1.85. The van der Waals surface area contributed by atoms with E-state index in [1.807, 2.05) is 32.9 Å². The zero-order chi connectivity index (χ0) is 24.1. The van der Waals surface area contributed by atoms with Gasteiger partial charge in [0.25, 0.3) is 0 Å². The summed E-state index contributed by atoms with van der Waals surface area (Å²) >= 11 is 0. The molecule has 0 bridgehead atoms. The molecule has 1 atom stereocenters. The number of ether oxygens (including phenoxy) is 1. The highest BCUT2D eigenvalue weighted by molar-refractivity contribution is 6.10. The fourth-order valence-electron chi connectivity index (χ4n) is 5.56. The minimum Gasteiger partial charge on any atom is -0.465 e.